The Morgan fingerprint density at radius 1 is 1.14 bits per heavy atom. The van der Waals surface area contributed by atoms with Crippen molar-refractivity contribution in [3.63, 3.8) is 0 Å². The fourth-order valence-electron chi connectivity index (χ4n) is 3.27. The van der Waals surface area contributed by atoms with E-state index in [1.807, 2.05) is 0 Å². The molecule has 0 saturated heterocycles. The minimum Gasteiger partial charge on any atom is -0.367 e. The Morgan fingerprint density at radius 3 is 2.62 bits per heavy atom. The molecule has 2 nitrogen and oxygen atoms in total. The number of nitrogens with two attached hydrogens (primary N) is 1. The van der Waals surface area contributed by atoms with Crippen LogP contribution in [-0.2, 0) is 19.4 Å². The summed E-state index contributed by atoms with van der Waals surface area (Å²) in [6, 6.07) is 15.8. The zero-order valence-electron chi connectivity index (χ0n) is 13.0. The van der Waals surface area contributed by atoms with Gasteiger partial charge in [-0.05, 0) is 55.0 Å². The fourth-order valence-corrected chi connectivity index (χ4v) is 3.27. The summed E-state index contributed by atoms with van der Waals surface area (Å²) in [5.74, 6) is 0. The predicted octanol–water partition coefficient (Wildman–Crippen LogP) is 3.45. The average Bonchev–Trinajstić information content (AvgIpc) is 2.46. The lowest BCUT2D eigenvalue weighted by atomic mass is 9.98. The van der Waals surface area contributed by atoms with Crippen molar-refractivity contribution in [1.82, 2.24) is 0 Å². The van der Waals surface area contributed by atoms with Gasteiger partial charge in [0, 0.05) is 24.8 Å². The predicted molar refractivity (Wildman–Crippen MR) is 89.7 cm³/mol. The van der Waals surface area contributed by atoms with Crippen molar-refractivity contribution in [3.8, 4) is 0 Å². The summed E-state index contributed by atoms with van der Waals surface area (Å²) in [5, 5.41) is 0. The van der Waals surface area contributed by atoms with Crippen LogP contribution in [0.25, 0.3) is 0 Å². The van der Waals surface area contributed by atoms with Gasteiger partial charge in [-0.25, -0.2) is 0 Å². The molecule has 1 unspecified atom stereocenters. The summed E-state index contributed by atoms with van der Waals surface area (Å²) in [5.41, 5.74) is 12.9. The summed E-state index contributed by atoms with van der Waals surface area (Å²) in [6.45, 7) is 6.39. The minimum atomic E-state index is 0.220. The van der Waals surface area contributed by atoms with Crippen molar-refractivity contribution in [2.75, 3.05) is 11.4 Å². The molecular weight excluding hydrogens is 256 g/mol. The number of fused-ring (bicyclic) bond motifs is 1. The molecule has 2 aromatic carbocycles. The third kappa shape index (κ3) is 3.11. The molecule has 21 heavy (non-hydrogen) atoms. The fraction of sp³-hybridized carbons (Fsp3) is 0.368. The maximum Gasteiger partial charge on any atom is 0.0432 e. The van der Waals surface area contributed by atoms with Gasteiger partial charge in [0.2, 0.25) is 0 Å². The molecule has 0 bridgehead atoms. The summed E-state index contributed by atoms with van der Waals surface area (Å²) >= 11 is 0. The molecule has 0 aliphatic carbocycles. The molecule has 2 N–H and O–H groups in total. The van der Waals surface area contributed by atoms with Crippen LogP contribution in [0.5, 0.6) is 0 Å². The Morgan fingerprint density at radius 2 is 1.90 bits per heavy atom. The molecule has 2 aromatic rings. The highest BCUT2D eigenvalue weighted by Crippen LogP contribution is 2.27. The zero-order valence-corrected chi connectivity index (χ0v) is 13.0. The normalized spacial score (nSPS) is 15.7. The lowest BCUT2D eigenvalue weighted by Gasteiger charge is -2.32. The van der Waals surface area contributed by atoms with E-state index in [1.165, 1.54) is 27.9 Å². The molecule has 2 heteroatoms. The highest BCUT2D eigenvalue weighted by molar-refractivity contribution is 5.56. The molecule has 0 amide bonds. The molecule has 3 rings (SSSR count). The van der Waals surface area contributed by atoms with Crippen LogP contribution in [0.15, 0.2) is 42.5 Å². The van der Waals surface area contributed by atoms with Crippen LogP contribution < -0.4 is 10.6 Å². The van der Waals surface area contributed by atoms with Gasteiger partial charge in [0.25, 0.3) is 0 Å². The molecular formula is C19H24N2. The quantitative estimate of drug-likeness (QED) is 0.933. The van der Waals surface area contributed by atoms with Crippen LogP contribution in [0, 0.1) is 6.92 Å². The van der Waals surface area contributed by atoms with E-state index in [9.17, 15) is 0 Å². The molecule has 1 heterocycles. The van der Waals surface area contributed by atoms with Gasteiger partial charge in [-0.2, -0.15) is 0 Å². The molecule has 0 saturated carbocycles. The van der Waals surface area contributed by atoms with Crippen LogP contribution in [-0.4, -0.2) is 12.6 Å². The molecule has 0 aromatic heterocycles. The van der Waals surface area contributed by atoms with E-state index in [0.29, 0.717) is 0 Å². The van der Waals surface area contributed by atoms with Crippen LogP contribution in [0.4, 0.5) is 5.69 Å². The SMILES string of the molecule is Cc1cc(CC(C)N)ccc1N1CCc2ccccc2C1. The summed E-state index contributed by atoms with van der Waals surface area (Å²) in [6.07, 6.45) is 2.08. The van der Waals surface area contributed by atoms with E-state index in [1.54, 1.807) is 0 Å². The van der Waals surface area contributed by atoms with Gasteiger partial charge >= 0.3 is 0 Å². The van der Waals surface area contributed by atoms with Gasteiger partial charge < -0.3 is 10.6 Å². The lowest BCUT2D eigenvalue weighted by Crippen LogP contribution is -2.30. The van der Waals surface area contributed by atoms with Crippen molar-refractivity contribution < 1.29 is 0 Å². The third-order valence-corrected chi connectivity index (χ3v) is 4.29. The third-order valence-electron chi connectivity index (χ3n) is 4.29. The molecule has 1 aliphatic heterocycles. The first-order valence-electron chi connectivity index (χ1n) is 7.80. The Kier molecular flexibility index (Phi) is 3.98. The van der Waals surface area contributed by atoms with Crippen LogP contribution in [0.1, 0.15) is 29.2 Å². The standard InChI is InChI=1S/C19H24N2/c1-14-11-16(12-15(2)20)7-8-19(14)21-10-9-17-5-3-4-6-18(17)13-21/h3-8,11,15H,9-10,12-13,20H2,1-2H3. The Balaban J connectivity index is 1.82. The first-order chi connectivity index (χ1) is 10.1. The largest absolute Gasteiger partial charge is 0.367 e. The molecule has 0 fully saturated rings. The van der Waals surface area contributed by atoms with E-state index in [0.717, 1.165) is 25.9 Å². The van der Waals surface area contributed by atoms with Gasteiger partial charge in [0.15, 0.2) is 0 Å². The van der Waals surface area contributed by atoms with E-state index in [4.69, 9.17) is 5.73 Å². The van der Waals surface area contributed by atoms with E-state index in [2.05, 4.69) is 61.2 Å². The lowest BCUT2D eigenvalue weighted by molar-refractivity contribution is 0.724. The van der Waals surface area contributed by atoms with Crippen molar-refractivity contribution in [1.29, 1.82) is 0 Å². The number of rotatable bonds is 3. The summed E-state index contributed by atoms with van der Waals surface area (Å²) < 4.78 is 0. The van der Waals surface area contributed by atoms with Crippen molar-refractivity contribution in [2.24, 2.45) is 5.73 Å². The summed E-state index contributed by atoms with van der Waals surface area (Å²) in [7, 11) is 0. The molecule has 1 atom stereocenters. The van der Waals surface area contributed by atoms with Gasteiger partial charge in [-0.1, -0.05) is 36.4 Å². The minimum absolute atomic E-state index is 0.220. The Bertz CT molecular complexity index is 631. The highest BCUT2D eigenvalue weighted by Gasteiger charge is 2.17. The average molecular weight is 280 g/mol. The molecule has 0 spiro atoms. The monoisotopic (exact) mass is 280 g/mol. The van der Waals surface area contributed by atoms with Gasteiger partial charge in [-0.3, -0.25) is 0 Å². The first-order valence-corrected chi connectivity index (χ1v) is 7.80. The van der Waals surface area contributed by atoms with Crippen LogP contribution in [0.3, 0.4) is 0 Å². The molecule has 1 aliphatic rings. The second kappa shape index (κ2) is 5.90. The molecule has 110 valence electrons. The topological polar surface area (TPSA) is 29.3 Å². The highest BCUT2D eigenvalue weighted by atomic mass is 15.1. The Hall–Kier alpha value is -1.80. The van der Waals surface area contributed by atoms with Gasteiger partial charge in [-0.15, -0.1) is 0 Å². The van der Waals surface area contributed by atoms with E-state index >= 15 is 0 Å². The maximum atomic E-state index is 5.90. The zero-order chi connectivity index (χ0) is 14.8. The van der Waals surface area contributed by atoms with E-state index in [-0.39, 0.29) is 6.04 Å². The van der Waals surface area contributed by atoms with Crippen molar-refractivity contribution in [2.45, 2.75) is 39.3 Å². The number of nitrogens with zero attached hydrogens (tertiary/aromatic N) is 1. The number of aryl methyl sites for hydroxylation is 1. The van der Waals surface area contributed by atoms with Gasteiger partial charge in [0.1, 0.15) is 0 Å². The van der Waals surface area contributed by atoms with Crippen molar-refractivity contribution in [3.05, 3.63) is 64.7 Å². The number of hydrogen-bond acceptors (Lipinski definition) is 2. The maximum absolute atomic E-state index is 5.90. The molecule has 0 radical (unpaired) electrons. The number of benzene rings is 2. The number of anilines is 1. The van der Waals surface area contributed by atoms with E-state index < -0.39 is 0 Å². The van der Waals surface area contributed by atoms with Gasteiger partial charge in [0.05, 0.1) is 0 Å². The second-order valence-corrected chi connectivity index (χ2v) is 6.24. The van der Waals surface area contributed by atoms with Crippen molar-refractivity contribution >= 4 is 5.69 Å². The van der Waals surface area contributed by atoms with Crippen LogP contribution >= 0.6 is 0 Å². The second-order valence-electron chi connectivity index (χ2n) is 6.24. The number of hydrogen-bond donors (Lipinski definition) is 1. The smallest absolute Gasteiger partial charge is 0.0432 e. The first kappa shape index (κ1) is 14.2. The Labute approximate surface area is 127 Å². The summed E-state index contributed by atoms with van der Waals surface area (Å²) in [4.78, 5) is 2.49. The van der Waals surface area contributed by atoms with Crippen LogP contribution in [0.2, 0.25) is 0 Å².